The Kier molecular flexibility index (Phi) is 7.24. The average molecular weight is 303 g/mol. The summed E-state index contributed by atoms with van der Waals surface area (Å²) in [4.78, 5) is 2.15. The highest BCUT2D eigenvalue weighted by Gasteiger charge is 2.14. The third-order valence-corrected chi connectivity index (χ3v) is 3.47. The predicted octanol–water partition coefficient (Wildman–Crippen LogP) is 3.21. The van der Waals surface area contributed by atoms with Crippen LogP contribution in [-0.4, -0.2) is 39.2 Å². The standard InChI is InChI=1S/C14H20Cl2N2O/c1-18(2)14(10-17-9-12(16)8-15)11-5-4-6-13(7-11)19-3/h4-8,14,17H,9-10H2,1-3H3. The van der Waals surface area contributed by atoms with Crippen molar-refractivity contribution in [1.29, 1.82) is 0 Å². The second kappa shape index (κ2) is 8.43. The summed E-state index contributed by atoms with van der Waals surface area (Å²) >= 11 is 11.4. The van der Waals surface area contributed by atoms with Crippen molar-refractivity contribution in [1.82, 2.24) is 10.2 Å². The van der Waals surface area contributed by atoms with Gasteiger partial charge in [0.05, 0.1) is 7.11 Å². The van der Waals surface area contributed by atoms with E-state index in [0.29, 0.717) is 11.6 Å². The third-order valence-electron chi connectivity index (χ3n) is 2.85. The van der Waals surface area contributed by atoms with Gasteiger partial charge in [0, 0.05) is 29.7 Å². The number of methoxy groups -OCH3 is 1. The molecule has 106 valence electrons. The molecule has 1 aromatic carbocycles. The fourth-order valence-corrected chi connectivity index (χ4v) is 1.99. The van der Waals surface area contributed by atoms with Gasteiger partial charge in [0.25, 0.3) is 0 Å². The molecule has 0 fully saturated rings. The summed E-state index contributed by atoms with van der Waals surface area (Å²) in [5.74, 6) is 0.864. The molecule has 0 amide bonds. The molecule has 0 saturated carbocycles. The van der Waals surface area contributed by atoms with Crippen LogP contribution in [0.1, 0.15) is 11.6 Å². The zero-order valence-corrected chi connectivity index (χ0v) is 13.0. The molecule has 1 unspecified atom stereocenters. The van der Waals surface area contributed by atoms with Crippen LogP contribution in [0.25, 0.3) is 0 Å². The molecule has 0 bridgehead atoms. The molecule has 1 rings (SSSR count). The van der Waals surface area contributed by atoms with Crippen molar-refractivity contribution in [3.63, 3.8) is 0 Å². The fraction of sp³-hybridized carbons (Fsp3) is 0.429. The molecule has 1 atom stereocenters. The van der Waals surface area contributed by atoms with E-state index in [9.17, 15) is 0 Å². The Hall–Kier alpha value is -0.740. The minimum absolute atomic E-state index is 0.245. The zero-order chi connectivity index (χ0) is 14.3. The number of nitrogens with zero attached hydrogens (tertiary/aromatic N) is 1. The first-order valence-corrected chi connectivity index (χ1v) is 6.85. The smallest absolute Gasteiger partial charge is 0.119 e. The minimum atomic E-state index is 0.245. The van der Waals surface area contributed by atoms with Gasteiger partial charge < -0.3 is 15.0 Å². The van der Waals surface area contributed by atoms with E-state index < -0.39 is 0 Å². The summed E-state index contributed by atoms with van der Waals surface area (Å²) in [6, 6.07) is 8.32. The zero-order valence-electron chi connectivity index (χ0n) is 11.5. The Balaban J connectivity index is 2.71. The van der Waals surface area contributed by atoms with Gasteiger partial charge in [0.1, 0.15) is 5.75 Å². The van der Waals surface area contributed by atoms with Gasteiger partial charge in [-0.05, 0) is 31.8 Å². The third kappa shape index (κ3) is 5.41. The Morgan fingerprint density at radius 3 is 2.79 bits per heavy atom. The number of rotatable bonds is 7. The summed E-state index contributed by atoms with van der Waals surface area (Å²) < 4.78 is 5.26. The van der Waals surface area contributed by atoms with E-state index in [1.54, 1.807) is 7.11 Å². The first kappa shape index (κ1) is 16.3. The van der Waals surface area contributed by atoms with Gasteiger partial charge in [-0.2, -0.15) is 0 Å². The van der Waals surface area contributed by atoms with E-state index in [2.05, 4.69) is 16.3 Å². The molecule has 1 aromatic rings. The normalized spacial score (nSPS) is 13.7. The highest BCUT2D eigenvalue weighted by Crippen LogP contribution is 2.22. The van der Waals surface area contributed by atoms with E-state index in [0.717, 1.165) is 12.3 Å². The summed E-state index contributed by atoms with van der Waals surface area (Å²) in [5, 5.41) is 3.89. The van der Waals surface area contributed by atoms with Crippen molar-refractivity contribution in [2.24, 2.45) is 0 Å². The number of nitrogens with one attached hydrogen (secondary N) is 1. The summed E-state index contributed by atoms with van der Waals surface area (Å²) in [6.45, 7) is 1.35. The van der Waals surface area contributed by atoms with Crippen molar-refractivity contribution in [2.75, 3.05) is 34.3 Å². The van der Waals surface area contributed by atoms with Crippen molar-refractivity contribution in [3.8, 4) is 5.75 Å². The lowest BCUT2D eigenvalue weighted by atomic mass is 10.1. The topological polar surface area (TPSA) is 24.5 Å². The van der Waals surface area contributed by atoms with Gasteiger partial charge in [0.2, 0.25) is 0 Å². The molecule has 0 aliphatic rings. The van der Waals surface area contributed by atoms with Crippen LogP contribution in [0.5, 0.6) is 5.75 Å². The van der Waals surface area contributed by atoms with Crippen LogP contribution in [-0.2, 0) is 0 Å². The molecule has 1 N–H and O–H groups in total. The lowest BCUT2D eigenvalue weighted by Gasteiger charge is -2.25. The van der Waals surface area contributed by atoms with Crippen LogP contribution in [0.4, 0.5) is 0 Å². The van der Waals surface area contributed by atoms with Crippen LogP contribution in [0, 0.1) is 0 Å². The number of likely N-dealkylation sites (N-methyl/N-ethyl adjacent to an activating group) is 1. The van der Waals surface area contributed by atoms with Crippen LogP contribution in [0.3, 0.4) is 0 Å². The molecule has 0 aromatic heterocycles. The highest BCUT2D eigenvalue weighted by atomic mass is 35.5. The first-order chi connectivity index (χ1) is 9.08. The second-order valence-corrected chi connectivity index (χ2v) is 5.15. The number of benzene rings is 1. The SMILES string of the molecule is COc1cccc(C(CNCC(Cl)=CCl)N(C)C)c1. The van der Waals surface area contributed by atoms with Crippen molar-refractivity contribution in [3.05, 3.63) is 40.4 Å². The lowest BCUT2D eigenvalue weighted by molar-refractivity contribution is 0.290. The predicted molar refractivity (Wildman–Crippen MR) is 82.1 cm³/mol. The molecule has 19 heavy (non-hydrogen) atoms. The van der Waals surface area contributed by atoms with E-state index in [1.165, 1.54) is 11.1 Å². The first-order valence-electron chi connectivity index (χ1n) is 6.04. The maximum absolute atomic E-state index is 5.86. The summed E-state index contributed by atoms with van der Waals surface area (Å²) in [7, 11) is 5.77. The summed E-state index contributed by atoms with van der Waals surface area (Å²) in [5.41, 5.74) is 2.58. The molecule has 0 spiro atoms. The second-order valence-electron chi connectivity index (χ2n) is 4.44. The van der Waals surface area contributed by atoms with Crippen molar-refractivity contribution in [2.45, 2.75) is 6.04 Å². The van der Waals surface area contributed by atoms with E-state index in [4.69, 9.17) is 27.9 Å². The molecule has 0 saturated heterocycles. The van der Waals surface area contributed by atoms with Crippen LogP contribution in [0.2, 0.25) is 0 Å². The molecule has 0 aliphatic carbocycles. The quantitative estimate of drug-likeness (QED) is 0.837. The van der Waals surface area contributed by atoms with Gasteiger partial charge in [-0.1, -0.05) is 35.3 Å². The molecule has 0 heterocycles. The van der Waals surface area contributed by atoms with E-state index >= 15 is 0 Å². The fourth-order valence-electron chi connectivity index (χ4n) is 1.81. The Morgan fingerprint density at radius 2 is 2.21 bits per heavy atom. The number of hydrogen-bond acceptors (Lipinski definition) is 3. The van der Waals surface area contributed by atoms with Gasteiger partial charge in [0.15, 0.2) is 0 Å². The maximum atomic E-state index is 5.86. The van der Waals surface area contributed by atoms with Gasteiger partial charge in [-0.15, -0.1) is 0 Å². The van der Waals surface area contributed by atoms with Crippen LogP contribution in [0.15, 0.2) is 34.8 Å². The highest BCUT2D eigenvalue weighted by molar-refractivity contribution is 6.36. The molecule has 0 radical (unpaired) electrons. The van der Waals surface area contributed by atoms with E-state index in [-0.39, 0.29) is 6.04 Å². The molecule has 5 heteroatoms. The Morgan fingerprint density at radius 1 is 1.47 bits per heavy atom. The number of ether oxygens (including phenoxy) is 1. The maximum Gasteiger partial charge on any atom is 0.119 e. The molecule has 0 aliphatic heterocycles. The van der Waals surface area contributed by atoms with Crippen LogP contribution >= 0.6 is 23.2 Å². The monoisotopic (exact) mass is 302 g/mol. The van der Waals surface area contributed by atoms with Crippen molar-refractivity contribution < 1.29 is 4.74 Å². The average Bonchev–Trinajstić information content (AvgIpc) is 2.42. The Bertz CT molecular complexity index is 422. The van der Waals surface area contributed by atoms with Crippen molar-refractivity contribution >= 4 is 23.2 Å². The molecular weight excluding hydrogens is 283 g/mol. The Labute approximate surface area is 125 Å². The lowest BCUT2D eigenvalue weighted by Crippen LogP contribution is -2.31. The summed E-state index contributed by atoms with van der Waals surface area (Å²) in [6.07, 6.45) is 0. The van der Waals surface area contributed by atoms with Gasteiger partial charge in [-0.25, -0.2) is 0 Å². The minimum Gasteiger partial charge on any atom is -0.497 e. The largest absolute Gasteiger partial charge is 0.497 e. The van der Waals surface area contributed by atoms with E-state index in [1.807, 2.05) is 32.3 Å². The molecule has 3 nitrogen and oxygen atoms in total. The number of halogens is 2. The van der Waals surface area contributed by atoms with Crippen LogP contribution < -0.4 is 10.1 Å². The van der Waals surface area contributed by atoms with Gasteiger partial charge >= 0.3 is 0 Å². The van der Waals surface area contributed by atoms with Gasteiger partial charge in [-0.3, -0.25) is 0 Å². The molecular formula is C14H20Cl2N2O. The number of hydrogen-bond donors (Lipinski definition) is 1.